The highest BCUT2D eigenvalue weighted by Crippen LogP contribution is 2.32. The fraction of sp³-hybridized carbons (Fsp3) is 0.360. The lowest BCUT2D eigenvalue weighted by atomic mass is 10.0. The molecule has 0 radical (unpaired) electrons. The third kappa shape index (κ3) is 4.44. The van der Waals surface area contributed by atoms with E-state index in [2.05, 4.69) is 34.3 Å². The summed E-state index contributed by atoms with van der Waals surface area (Å²) in [6.07, 6.45) is 5.68. The number of aliphatic imine (C=N–C) groups is 1. The van der Waals surface area contributed by atoms with Crippen molar-refractivity contribution in [2.75, 3.05) is 46.2 Å². The van der Waals surface area contributed by atoms with Crippen LogP contribution in [-0.2, 0) is 9.53 Å². The van der Waals surface area contributed by atoms with Crippen molar-refractivity contribution in [3.05, 3.63) is 48.4 Å². The molecule has 1 saturated heterocycles. The molecule has 4 bridgehead atoms. The fourth-order valence-corrected chi connectivity index (χ4v) is 4.61. The zero-order valence-electron chi connectivity index (χ0n) is 20.1. The smallest absolute Gasteiger partial charge is 0.252 e. The number of nitrogens with one attached hydrogen (secondary N) is 1. The molecule has 1 amide bonds. The first-order chi connectivity index (χ1) is 17.0. The second kappa shape index (κ2) is 9.38. The molecule has 2 aliphatic rings. The molecule has 182 valence electrons. The minimum Gasteiger partial charge on any atom is -0.475 e. The van der Waals surface area contributed by atoms with E-state index in [0.29, 0.717) is 37.6 Å². The van der Waals surface area contributed by atoms with Gasteiger partial charge in [0, 0.05) is 76.0 Å². The van der Waals surface area contributed by atoms with Crippen LogP contribution in [0.1, 0.15) is 12.0 Å². The van der Waals surface area contributed by atoms with Gasteiger partial charge in [0.25, 0.3) is 5.91 Å². The van der Waals surface area contributed by atoms with Crippen LogP contribution in [0.25, 0.3) is 22.5 Å². The molecule has 0 spiro atoms. The minimum absolute atomic E-state index is 0.0158. The summed E-state index contributed by atoms with van der Waals surface area (Å²) >= 11 is 0. The summed E-state index contributed by atoms with van der Waals surface area (Å²) in [4.78, 5) is 25.6. The molecule has 2 aromatic heterocycles. The molecule has 2 atom stereocenters. The number of amides is 1. The normalized spacial score (nSPS) is 20.3. The minimum atomic E-state index is -0.455. The molecular weight excluding hydrogens is 446 g/mol. The highest BCUT2D eigenvalue weighted by Gasteiger charge is 2.39. The molecule has 10 nitrogen and oxygen atoms in total. The summed E-state index contributed by atoms with van der Waals surface area (Å²) in [7, 11) is 5.46. The van der Waals surface area contributed by atoms with E-state index in [1.165, 1.54) is 0 Å². The molecule has 4 heterocycles. The van der Waals surface area contributed by atoms with Gasteiger partial charge in [-0.15, -0.1) is 0 Å². The Morgan fingerprint density at radius 1 is 1.37 bits per heavy atom. The molecule has 35 heavy (non-hydrogen) atoms. The third-order valence-corrected chi connectivity index (χ3v) is 6.31. The van der Waals surface area contributed by atoms with Crippen molar-refractivity contribution in [2.24, 2.45) is 4.99 Å². The van der Waals surface area contributed by atoms with Gasteiger partial charge < -0.3 is 24.6 Å². The van der Waals surface area contributed by atoms with Gasteiger partial charge in [-0.3, -0.25) is 9.79 Å². The lowest BCUT2D eigenvalue weighted by Gasteiger charge is -2.25. The maximum Gasteiger partial charge on any atom is 0.252 e. The van der Waals surface area contributed by atoms with Crippen LogP contribution in [0, 0.1) is 0 Å². The summed E-state index contributed by atoms with van der Waals surface area (Å²) in [5.41, 5.74) is 5.05. The summed E-state index contributed by atoms with van der Waals surface area (Å²) < 4.78 is 13.2. The Balaban J connectivity index is 1.62. The first-order valence-corrected chi connectivity index (χ1v) is 11.5. The summed E-state index contributed by atoms with van der Waals surface area (Å²) in [6.45, 7) is 5.20. The Bertz CT molecular complexity index is 1300. The Kier molecular flexibility index (Phi) is 6.12. The van der Waals surface area contributed by atoms with Gasteiger partial charge in [-0.2, -0.15) is 10.1 Å². The summed E-state index contributed by atoms with van der Waals surface area (Å²) in [5.74, 6) is 0.470. The molecule has 3 aromatic rings. The van der Waals surface area contributed by atoms with E-state index in [4.69, 9.17) is 14.5 Å². The van der Waals surface area contributed by atoms with E-state index in [0.717, 1.165) is 28.1 Å². The standard InChI is InChI=1S/C25H29N7O3/c1-26-21(14-30(2)3)17-9-16-10-18(11-17)27-6-8-31-19(12-22(34-4)25(31)33)15-35-23-5-7-32-24(29-23)20(16)13-28-32/h5,7,9-11,13-14,19,22,27H,1,6,8,12,15H2,2-4H3/b21-14-/t19-,22+/m0/s1. The molecule has 0 aliphatic carbocycles. The molecule has 1 aromatic carbocycles. The quantitative estimate of drug-likeness (QED) is 0.579. The van der Waals surface area contributed by atoms with Crippen LogP contribution in [0.2, 0.25) is 0 Å². The number of nitrogens with zero attached hydrogens (tertiary/aromatic N) is 6. The van der Waals surface area contributed by atoms with Crippen molar-refractivity contribution in [1.82, 2.24) is 24.4 Å². The molecular formula is C25H29N7O3. The van der Waals surface area contributed by atoms with Crippen molar-refractivity contribution in [1.29, 1.82) is 0 Å². The SMILES string of the molecule is C=N/C(=C\N(C)C)c1cc2cc(c1)-c1cnn3ccc(nc13)OC[C@@H]1C[C@@H](OC)C(=O)N1CCN2. The number of rotatable bonds is 4. The number of methoxy groups -OCH3 is 1. The van der Waals surface area contributed by atoms with Crippen molar-refractivity contribution in [3.63, 3.8) is 0 Å². The number of carbonyl (C=O) groups is 1. The highest BCUT2D eigenvalue weighted by molar-refractivity contribution is 5.84. The zero-order valence-corrected chi connectivity index (χ0v) is 20.1. The Hall–Kier alpha value is -3.92. The second-order valence-corrected chi connectivity index (χ2v) is 8.91. The van der Waals surface area contributed by atoms with Crippen molar-refractivity contribution in [2.45, 2.75) is 18.6 Å². The average Bonchev–Trinajstić information content (AvgIpc) is 3.41. The number of fused-ring (bicyclic) bond motifs is 5. The highest BCUT2D eigenvalue weighted by atomic mass is 16.5. The van der Waals surface area contributed by atoms with Crippen LogP contribution in [-0.4, -0.2) is 90.1 Å². The van der Waals surface area contributed by atoms with E-state index < -0.39 is 6.10 Å². The van der Waals surface area contributed by atoms with Gasteiger partial charge >= 0.3 is 0 Å². The molecule has 1 N–H and O–H groups in total. The lowest BCUT2D eigenvalue weighted by Crippen LogP contribution is -2.41. The fourth-order valence-electron chi connectivity index (χ4n) is 4.61. The molecule has 10 heteroatoms. The van der Waals surface area contributed by atoms with Crippen LogP contribution in [0.5, 0.6) is 5.88 Å². The predicted molar refractivity (Wildman–Crippen MR) is 135 cm³/mol. The van der Waals surface area contributed by atoms with Gasteiger partial charge in [0.15, 0.2) is 5.65 Å². The second-order valence-electron chi connectivity index (χ2n) is 8.91. The number of carbonyl (C=O) groups excluding carboxylic acids is 1. The molecule has 0 saturated carbocycles. The van der Waals surface area contributed by atoms with Gasteiger partial charge in [0.1, 0.15) is 12.7 Å². The Morgan fingerprint density at radius 2 is 2.23 bits per heavy atom. The van der Waals surface area contributed by atoms with Crippen LogP contribution < -0.4 is 10.1 Å². The van der Waals surface area contributed by atoms with Gasteiger partial charge in [0.05, 0.1) is 17.9 Å². The topological polar surface area (TPSA) is 96.6 Å². The predicted octanol–water partition coefficient (Wildman–Crippen LogP) is 2.38. The monoisotopic (exact) mass is 475 g/mol. The van der Waals surface area contributed by atoms with Crippen molar-refractivity contribution in [3.8, 4) is 17.0 Å². The first-order valence-electron chi connectivity index (χ1n) is 11.5. The number of anilines is 1. The zero-order chi connectivity index (χ0) is 24.5. The third-order valence-electron chi connectivity index (χ3n) is 6.31. The molecule has 0 unspecified atom stereocenters. The van der Waals surface area contributed by atoms with Crippen LogP contribution in [0.3, 0.4) is 0 Å². The van der Waals surface area contributed by atoms with Gasteiger partial charge in [-0.05, 0) is 30.5 Å². The number of hydrogen-bond acceptors (Lipinski definition) is 8. The number of benzene rings is 1. The average molecular weight is 476 g/mol. The van der Waals surface area contributed by atoms with E-state index >= 15 is 0 Å². The summed E-state index contributed by atoms with van der Waals surface area (Å²) in [6, 6.07) is 7.83. The van der Waals surface area contributed by atoms with Gasteiger partial charge in [-0.1, -0.05) is 0 Å². The first kappa shape index (κ1) is 22.9. The van der Waals surface area contributed by atoms with Crippen LogP contribution >= 0.6 is 0 Å². The Labute approximate surface area is 203 Å². The number of ether oxygens (including phenoxy) is 2. The maximum absolute atomic E-state index is 12.9. The molecule has 2 aliphatic heterocycles. The maximum atomic E-state index is 12.9. The van der Waals surface area contributed by atoms with Gasteiger partial charge in [-0.25, -0.2) is 4.52 Å². The van der Waals surface area contributed by atoms with Crippen molar-refractivity contribution < 1.29 is 14.3 Å². The molecule has 5 rings (SSSR count). The van der Waals surface area contributed by atoms with E-state index in [1.807, 2.05) is 42.4 Å². The van der Waals surface area contributed by atoms with Crippen LogP contribution in [0.4, 0.5) is 5.69 Å². The summed E-state index contributed by atoms with van der Waals surface area (Å²) in [5, 5.41) is 7.96. The van der Waals surface area contributed by atoms with E-state index in [9.17, 15) is 4.79 Å². The van der Waals surface area contributed by atoms with E-state index in [1.54, 1.807) is 23.9 Å². The van der Waals surface area contributed by atoms with Gasteiger partial charge in [0.2, 0.25) is 5.88 Å². The largest absolute Gasteiger partial charge is 0.475 e. The van der Waals surface area contributed by atoms with Crippen LogP contribution in [0.15, 0.2) is 47.9 Å². The number of hydrogen-bond donors (Lipinski definition) is 1. The molecule has 1 fully saturated rings. The Morgan fingerprint density at radius 3 is 3.00 bits per heavy atom. The number of aromatic nitrogens is 3. The van der Waals surface area contributed by atoms with Crippen molar-refractivity contribution >= 4 is 29.7 Å². The lowest BCUT2D eigenvalue weighted by molar-refractivity contribution is -0.136. The van der Waals surface area contributed by atoms with E-state index in [-0.39, 0.29) is 11.9 Å².